The standard InChI is InChI=1S/C11H19N3O4/c1-3-18-10(16)7-13-9(15)6-8-11(17)14(2)5-4-12-8/h8,12H,3-7H2,1-2H3,(H,13,15). The summed E-state index contributed by atoms with van der Waals surface area (Å²) in [5.41, 5.74) is 0. The van der Waals surface area contributed by atoms with Crippen molar-refractivity contribution < 1.29 is 19.1 Å². The van der Waals surface area contributed by atoms with Crippen molar-refractivity contribution in [3.05, 3.63) is 0 Å². The van der Waals surface area contributed by atoms with Gasteiger partial charge in [0.2, 0.25) is 11.8 Å². The molecule has 0 aromatic carbocycles. The molecule has 0 spiro atoms. The summed E-state index contributed by atoms with van der Waals surface area (Å²) in [5, 5.41) is 5.40. The Morgan fingerprint density at radius 3 is 2.94 bits per heavy atom. The molecular formula is C11H19N3O4. The van der Waals surface area contributed by atoms with Crippen molar-refractivity contribution in [2.24, 2.45) is 0 Å². The van der Waals surface area contributed by atoms with E-state index in [0.717, 1.165) is 0 Å². The minimum absolute atomic E-state index is 0.0303. The van der Waals surface area contributed by atoms with Gasteiger partial charge < -0.3 is 20.3 Å². The van der Waals surface area contributed by atoms with Crippen LogP contribution < -0.4 is 10.6 Å². The van der Waals surface area contributed by atoms with Gasteiger partial charge >= 0.3 is 5.97 Å². The van der Waals surface area contributed by atoms with Crippen molar-refractivity contribution in [3.63, 3.8) is 0 Å². The first-order chi connectivity index (χ1) is 8.54. The van der Waals surface area contributed by atoms with Crippen molar-refractivity contribution in [2.45, 2.75) is 19.4 Å². The fourth-order valence-corrected chi connectivity index (χ4v) is 1.67. The minimum atomic E-state index is -0.508. The predicted molar refractivity (Wildman–Crippen MR) is 63.7 cm³/mol. The molecule has 1 aliphatic rings. The molecule has 1 rings (SSSR count). The fraction of sp³-hybridized carbons (Fsp3) is 0.727. The van der Waals surface area contributed by atoms with E-state index >= 15 is 0 Å². The molecule has 1 unspecified atom stereocenters. The molecule has 7 nitrogen and oxygen atoms in total. The lowest BCUT2D eigenvalue weighted by Crippen LogP contribution is -2.55. The van der Waals surface area contributed by atoms with Crippen LogP contribution in [-0.2, 0) is 19.1 Å². The Morgan fingerprint density at radius 1 is 1.56 bits per heavy atom. The smallest absolute Gasteiger partial charge is 0.325 e. The highest BCUT2D eigenvalue weighted by Crippen LogP contribution is 2.02. The van der Waals surface area contributed by atoms with Gasteiger partial charge in [-0.15, -0.1) is 0 Å². The molecule has 102 valence electrons. The van der Waals surface area contributed by atoms with E-state index in [4.69, 9.17) is 0 Å². The number of ether oxygens (including phenoxy) is 1. The van der Waals surface area contributed by atoms with Crippen molar-refractivity contribution >= 4 is 17.8 Å². The third-order valence-corrected chi connectivity index (χ3v) is 2.64. The molecule has 0 bridgehead atoms. The van der Waals surface area contributed by atoms with Crippen LogP contribution >= 0.6 is 0 Å². The van der Waals surface area contributed by atoms with E-state index in [1.54, 1.807) is 18.9 Å². The lowest BCUT2D eigenvalue weighted by molar-refractivity contribution is -0.143. The van der Waals surface area contributed by atoms with Gasteiger partial charge in [-0.25, -0.2) is 0 Å². The third kappa shape index (κ3) is 4.33. The summed E-state index contributed by atoms with van der Waals surface area (Å²) in [6.45, 7) is 3.11. The number of amides is 2. The van der Waals surface area contributed by atoms with Crippen LogP contribution in [0.4, 0.5) is 0 Å². The molecule has 18 heavy (non-hydrogen) atoms. The number of nitrogens with zero attached hydrogens (tertiary/aromatic N) is 1. The Balaban J connectivity index is 2.31. The summed E-state index contributed by atoms with van der Waals surface area (Å²) in [7, 11) is 1.70. The van der Waals surface area contributed by atoms with Crippen molar-refractivity contribution in [2.75, 3.05) is 33.3 Å². The Bertz CT molecular complexity index is 332. The maximum Gasteiger partial charge on any atom is 0.325 e. The predicted octanol–water partition coefficient (Wildman–Crippen LogP) is -1.51. The van der Waals surface area contributed by atoms with Gasteiger partial charge in [-0.1, -0.05) is 0 Å². The number of rotatable bonds is 5. The quantitative estimate of drug-likeness (QED) is 0.584. The number of carbonyl (C=O) groups is 3. The molecule has 0 aromatic rings. The molecule has 7 heteroatoms. The van der Waals surface area contributed by atoms with Crippen molar-refractivity contribution in [3.8, 4) is 0 Å². The van der Waals surface area contributed by atoms with Crippen molar-refractivity contribution in [1.29, 1.82) is 0 Å². The largest absolute Gasteiger partial charge is 0.465 e. The van der Waals surface area contributed by atoms with Crippen LogP contribution in [0.5, 0.6) is 0 Å². The SMILES string of the molecule is CCOC(=O)CNC(=O)CC1NCCN(C)C1=O. The summed E-state index contributed by atoms with van der Waals surface area (Å²) in [6.07, 6.45) is 0.0303. The monoisotopic (exact) mass is 257 g/mol. The topological polar surface area (TPSA) is 87.7 Å². The van der Waals surface area contributed by atoms with Crippen LogP contribution in [0.2, 0.25) is 0 Å². The van der Waals surface area contributed by atoms with Crippen LogP contribution in [-0.4, -0.2) is 62.0 Å². The van der Waals surface area contributed by atoms with Crippen LogP contribution in [0.1, 0.15) is 13.3 Å². The Morgan fingerprint density at radius 2 is 2.28 bits per heavy atom. The third-order valence-electron chi connectivity index (χ3n) is 2.64. The number of esters is 1. The van der Waals surface area contributed by atoms with Gasteiger partial charge in [0, 0.05) is 20.1 Å². The number of likely N-dealkylation sites (N-methyl/N-ethyl adjacent to an activating group) is 1. The van der Waals surface area contributed by atoms with E-state index in [9.17, 15) is 14.4 Å². The summed E-state index contributed by atoms with van der Waals surface area (Å²) < 4.78 is 4.68. The van der Waals surface area contributed by atoms with Crippen LogP contribution in [0, 0.1) is 0 Å². The molecule has 0 aliphatic carbocycles. The molecule has 1 atom stereocenters. The van der Waals surface area contributed by atoms with Crippen LogP contribution in [0.15, 0.2) is 0 Å². The summed E-state index contributed by atoms with van der Waals surface area (Å²) in [6, 6.07) is -0.508. The zero-order valence-corrected chi connectivity index (χ0v) is 10.7. The van der Waals surface area contributed by atoms with E-state index < -0.39 is 12.0 Å². The second-order valence-corrected chi connectivity index (χ2v) is 4.05. The van der Waals surface area contributed by atoms with E-state index in [-0.39, 0.29) is 31.4 Å². The highest BCUT2D eigenvalue weighted by Gasteiger charge is 2.27. The first-order valence-corrected chi connectivity index (χ1v) is 5.95. The molecular weight excluding hydrogens is 238 g/mol. The zero-order valence-electron chi connectivity index (χ0n) is 10.7. The summed E-state index contributed by atoms with van der Waals surface area (Å²) in [4.78, 5) is 35.8. The molecule has 0 radical (unpaired) electrons. The highest BCUT2D eigenvalue weighted by atomic mass is 16.5. The minimum Gasteiger partial charge on any atom is -0.465 e. The molecule has 0 saturated carbocycles. The second kappa shape index (κ2) is 6.95. The van der Waals surface area contributed by atoms with Gasteiger partial charge in [-0.05, 0) is 6.92 Å². The normalized spacial score (nSPS) is 19.6. The second-order valence-electron chi connectivity index (χ2n) is 4.05. The molecule has 0 aromatic heterocycles. The number of hydrogen-bond acceptors (Lipinski definition) is 5. The average molecular weight is 257 g/mol. The molecule has 2 N–H and O–H groups in total. The fourth-order valence-electron chi connectivity index (χ4n) is 1.67. The van der Waals surface area contributed by atoms with E-state index in [1.807, 2.05) is 0 Å². The Hall–Kier alpha value is -1.63. The molecule has 1 heterocycles. The van der Waals surface area contributed by atoms with Gasteiger partial charge in [0.25, 0.3) is 0 Å². The Kier molecular flexibility index (Phi) is 5.57. The van der Waals surface area contributed by atoms with Gasteiger partial charge in [-0.2, -0.15) is 0 Å². The number of piperazine rings is 1. The maximum atomic E-state index is 11.7. The van der Waals surface area contributed by atoms with Crippen LogP contribution in [0.3, 0.4) is 0 Å². The van der Waals surface area contributed by atoms with E-state index in [0.29, 0.717) is 13.1 Å². The zero-order chi connectivity index (χ0) is 13.5. The lowest BCUT2D eigenvalue weighted by atomic mass is 10.1. The van der Waals surface area contributed by atoms with Gasteiger partial charge in [0.1, 0.15) is 6.54 Å². The summed E-state index contributed by atoms with van der Waals surface area (Å²) in [5.74, 6) is -0.928. The average Bonchev–Trinajstić information content (AvgIpc) is 2.33. The maximum absolute atomic E-state index is 11.7. The molecule has 2 amide bonds. The Labute approximate surface area is 106 Å². The van der Waals surface area contributed by atoms with E-state index in [1.165, 1.54) is 0 Å². The molecule has 1 aliphatic heterocycles. The number of hydrogen-bond donors (Lipinski definition) is 2. The van der Waals surface area contributed by atoms with Gasteiger partial charge in [0.15, 0.2) is 0 Å². The number of nitrogens with one attached hydrogen (secondary N) is 2. The lowest BCUT2D eigenvalue weighted by Gasteiger charge is -2.29. The van der Waals surface area contributed by atoms with Gasteiger partial charge in [0.05, 0.1) is 19.1 Å². The highest BCUT2D eigenvalue weighted by molar-refractivity contribution is 5.89. The van der Waals surface area contributed by atoms with Crippen LogP contribution in [0.25, 0.3) is 0 Å². The van der Waals surface area contributed by atoms with E-state index in [2.05, 4.69) is 15.4 Å². The first-order valence-electron chi connectivity index (χ1n) is 5.95. The molecule has 1 fully saturated rings. The van der Waals surface area contributed by atoms with Gasteiger partial charge in [-0.3, -0.25) is 14.4 Å². The first kappa shape index (κ1) is 14.4. The summed E-state index contributed by atoms with van der Waals surface area (Å²) >= 11 is 0. The van der Waals surface area contributed by atoms with Crippen molar-refractivity contribution in [1.82, 2.24) is 15.5 Å². The number of carbonyl (C=O) groups excluding carboxylic acids is 3. The molecule has 1 saturated heterocycles.